The van der Waals surface area contributed by atoms with Gasteiger partial charge in [-0.15, -0.1) is 0 Å². The lowest BCUT2D eigenvalue weighted by Crippen LogP contribution is -2.31. The Morgan fingerprint density at radius 1 is 1.10 bits per heavy atom. The van der Waals surface area contributed by atoms with Crippen molar-refractivity contribution in [3.63, 3.8) is 0 Å². The highest BCUT2D eigenvalue weighted by Gasteiger charge is 2.41. The number of rotatable bonds is 7. The molecule has 0 fully saturated rings. The number of hydrogen-bond donors (Lipinski definition) is 2. The summed E-state index contributed by atoms with van der Waals surface area (Å²) in [6.45, 7) is 1.13. The maximum atomic E-state index is 13.1. The van der Waals surface area contributed by atoms with Gasteiger partial charge in [-0.3, -0.25) is 9.89 Å². The minimum atomic E-state index is -0.286. The number of aromatic hydroxyl groups is 1. The highest BCUT2D eigenvalue weighted by molar-refractivity contribution is 6.00. The molecule has 1 unspecified atom stereocenters. The smallest absolute Gasteiger partial charge is 0.273 e. The predicted molar refractivity (Wildman–Crippen MR) is 108 cm³/mol. The molecule has 1 aliphatic heterocycles. The number of amides is 1. The second kappa shape index (κ2) is 7.97. The van der Waals surface area contributed by atoms with Gasteiger partial charge < -0.3 is 19.5 Å². The van der Waals surface area contributed by atoms with Gasteiger partial charge in [0.15, 0.2) is 0 Å². The lowest BCUT2D eigenvalue weighted by Gasteiger charge is -2.26. The van der Waals surface area contributed by atoms with Crippen molar-refractivity contribution in [2.75, 3.05) is 27.4 Å². The number of aromatic amines is 1. The monoisotopic (exact) mass is 393 g/mol. The number of methoxy groups -OCH3 is 2. The summed E-state index contributed by atoms with van der Waals surface area (Å²) in [7, 11) is 3.27. The molecule has 29 heavy (non-hydrogen) atoms. The molecule has 1 aromatic heterocycles. The van der Waals surface area contributed by atoms with Gasteiger partial charge in [0.25, 0.3) is 5.91 Å². The average Bonchev–Trinajstić information content (AvgIpc) is 3.29. The molecule has 7 heteroatoms. The van der Waals surface area contributed by atoms with E-state index in [0.717, 1.165) is 34.6 Å². The van der Waals surface area contributed by atoms with E-state index in [1.165, 1.54) is 0 Å². The van der Waals surface area contributed by atoms with Gasteiger partial charge in [-0.05, 0) is 48.4 Å². The highest BCUT2D eigenvalue weighted by Crippen LogP contribution is 2.43. The molecule has 1 atom stereocenters. The fraction of sp³-hybridized carbons (Fsp3) is 0.273. The average molecular weight is 393 g/mol. The first-order valence-corrected chi connectivity index (χ1v) is 9.45. The van der Waals surface area contributed by atoms with Gasteiger partial charge in [-0.1, -0.05) is 12.1 Å². The van der Waals surface area contributed by atoms with Crippen molar-refractivity contribution in [3.05, 3.63) is 65.4 Å². The standard InChI is InChI=1S/C22H23N3O4/c1-28-13-3-12-25-21(15-4-8-16(26)9-5-15)18-19(23-24-20(18)22(25)27)14-6-10-17(29-2)11-7-14/h4-11,21,26H,3,12-13H2,1-2H3,(H,23,24). The molecule has 4 rings (SSSR count). The topological polar surface area (TPSA) is 87.7 Å². The molecule has 1 amide bonds. The highest BCUT2D eigenvalue weighted by atomic mass is 16.5. The van der Waals surface area contributed by atoms with Gasteiger partial charge in [0.1, 0.15) is 17.2 Å². The van der Waals surface area contributed by atoms with E-state index in [-0.39, 0.29) is 17.7 Å². The molecule has 2 aromatic carbocycles. The first-order chi connectivity index (χ1) is 14.1. The summed E-state index contributed by atoms with van der Waals surface area (Å²) in [5, 5.41) is 17.1. The Morgan fingerprint density at radius 3 is 2.48 bits per heavy atom. The SMILES string of the molecule is COCCCN1C(=O)c2[nH]nc(-c3ccc(OC)cc3)c2C1c1ccc(O)cc1. The Bertz CT molecular complexity index is 996. The van der Waals surface area contributed by atoms with E-state index < -0.39 is 0 Å². The largest absolute Gasteiger partial charge is 0.508 e. The number of fused-ring (bicyclic) bond motifs is 1. The van der Waals surface area contributed by atoms with Gasteiger partial charge in [0.2, 0.25) is 0 Å². The third-order valence-electron chi connectivity index (χ3n) is 5.18. The molecule has 1 aliphatic rings. The Labute approximate surface area is 168 Å². The van der Waals surface area contributed by atoms with Crippen molar-refractivity contribution in [2.45, 2.75) is 12.5 Å². The minimum absolute atomic E-state index is 0.0820. The molecular formula is C22H23N3O4. The summed E-state index contributed by atoms with van der Waals surface area (Å²) in [6, 6.07) is 14.3. The van der Waals surface area contributed by atoms with Crippen molar-refractivity contribution in [1.29, 1.82) is 0 Å². The van der Waals surface area contributed by atoms with Crippen molar-refractivity contribution >= 4 is 5.91 Å². The van der Waals surface area contributed by atoms with Gasteiger partial charge >= 0.3 is 0 Å². The molecule has 0 aliphatic carbocycles. The van der Waals surface area contributed by atoms with Crippen LogP contribution in [0.4, 0.5) is 0 Å². The van der Waals surface area contributed by atoms with Crippen molar-refractivity contribution < 1.29 is 19.4 Å². The normalized spacial score (nSPS) is 15.6. The van der Waals surface area contributed by atoms with Crippen LogP contribution in [0.15, 0.2) is 48.5 Å². The van der Waals surface area contributed by atoms with E-state index in [9.17, 15) is 9.90 Å². The zero-order valence-corrected chi connectivity index (χ0v) is 16.4. The molecule has 2 N–H and O–H groups in total. The summed E-state index contributed by atoms with van der Waals surface area (Å²) in [6.07, 6.45) is 0.729. The molecular weight excluding hydrogens is 370 g/mol. The van der Waals surface area contributed by atoms with Crippen molar-refractivity contribution in [3.8, 4) is 22.8 Å². The number of hydrogen-bond acceptors (Lipinski definition) is 5. The lowest BCUT2D eigenvalue weighted by atomic mass is 9.96. The Kier molecular flexibility index (Phi) is 5.22. The third-order valence-corrected chi connectivity index (χ3v) is 5.18. The molecule has 0 bridgehead atoms. The quantitative estimate of drug-likeness (QED) is 0.601. The molecule has 3 aromatic rings. The van der Waals surface area contributed by atoms with Crippen LogP contribution in [0.3, 0.4) is 0 Å². The fourth-order valence-corrected chi connectivity index (χ4v) is 3.78. The number of ether oxygens (including phenoxy) is 2. The van der Waals surface area contributed by atoms with Crippen LogP contribution in [0.1, 0.15) is 34.1 Å². The maximum absolute atomic E-state index is 13.1. The summed E-state index contributed by atoms with van der Waals surface area (Å²) >= 11 is 0. The molecule has 0 saturated heterocycles. The Balaban J connectivity index is 1.79. The van der Waals surface area contributed by atoms with E-state index in [2.05, 4.69) is 10.2 Å². The molecule has 0 radical (unpaired) electrons. The first-order valence-electron chi connectivity index (χ1n) is 9.45. The van der Waals surface area contributed by atoms with E-state index in [4.69, 9.17) is 9.47 Å². The number of H-pyrrole nitrogens is 1. The number of nitrogens with zero attached hydrogens (tertiary/aromatic N) is 2. The number of benzene rings is 2. The second-order valence-corrected chi connectivity index (χ2v) is 6.93. The molecule has 7 nitrogen and oxygen atoms in total. The molecule has 150 valence electrons. The number of carbonyl (C=O) groups excluding carboxylic acids is 1. The number of phenolic OH excluding ortho intramolecular Hbond substituents is 1. The maximum Gasteiger partial charge on any atom is 0.273 e. The summed E-state index contributed by atoms with van der Waals surface area (Å²) in [4.78, 5) is 15.0. The van der Waals surface area contributed by atoms with Crippen LogP contribution in [-0.2, 0) is 4.74 Å². The van der Waals surface area contributed by atoms with Crippen LogP contribution in [0, 0.1) is 0 Å². The van der Waals surface area contributed by atoms with Crippen LogP contribution in [-0.4, -0.2) is 53.5 Å². The second-order valence-electron chi connectivity index (χ2n) is 6.93. The van der Waals surface area contributed by atoms with Crippen LogP contribution in [0.2, 0.25) is 0 Å². The number of nitrogens with one attached hydrogen (secondary N) is 1. The van der Waals surface area contributed by atoms with Gasteiger partial charge in [-0.2, -0.15) is 5.10 Å². The van der Waals surface area contributed by atoms with Gasteiger partial charge in [0, 0.05) is 31.4 Å². The van der Waals surface area contributed by atoms with E-state index >= 15 is 0 Å². The molecule has 0 saturated carbocycles. The summed E-state index contributed by atoms with van der Waals surface area (Å²) in [5.41, 5.74) is 3.92. The number of phenols is 1. The third kappa shape index (κ3) is 3.45. The van der Waals surface area contributed by atoms with Crippen LogP contribution >= 0.6 is 0 Å². The summed E-state index contributed by atoms with van der Waals surface area (Å²) < 4.78 is 10.4. The van der Waals surface area contributed by atoms with Gasteiger partial charge in [-0.25, -0.2) is 0 Å². The summed E-state index contributed by atoms with van der Waals surface area (Å²) in [5.74, 6) is 0.863. The first kappa shape index (κ1) is 19.0. The Morgan fingerprint density at radius 2 is 1.83 bits per heavy atom. The van der Waals surface area contributed by atoms with Crippen molar-refractivity contribution in [2.24, 2.45) is 0 Å². The minimum Gasteiger partial charge on any atom is -0.508 e. The zero-order chi connectivity index (χ0) is 20.4. The van der Waals surface area contributed by atoms with Crippen LogP contribution in [0.25, 0.3) is 11.3 Å². The molecule has 0 spiro atoms. The van der Waals surface area contributed by atoms with E-state index in [1.54, 1.807) is 26.4 Å². The van der Waals surface area contributed by atoms with Crippen LogP contribution in [0.5, 0.6) is 11.5 Å². The predicted octanol–water partition coefficient (Wildman–Crippen LogP) is 3.37. The molecule has 2 heterocycles. The zero-order valence-electron chi connectivity index (χ0n) is 16.4. The van der Waals surface area contributed by atoms with Crippen molar-refractivity contribution in [1.82, 2.24) is 15.1 Å². The Hall–Kier alpha value is -3.32. The fourth-order valence-electron chi connectivity index (χ4n) is 3.78. The van der Waals surface area contributed by atoms with E-state index in [0.29, 0.717) is 18.8 Å². The number of aromatic nitrogens is 2. The van der Waals surface area contributed by atoms with E-state index in [1.807, 2.05) is 41.3 Å². The van der Waals surface area contributed by atoms with Gasteiger partial charge in [0.05, 0.1) is 18.8 Å². The number of carbonyl (C=O) groups is 1. The lowest BCUT2D eigenvalue weighted by molar-refractivity contribution is 0.0723. The van der Waals surface area contributed by atoms with Crippen LogP contribution < -0.4 is 4.74 Å².